The van der Waals surface area contributed by atoms with E-state index in [0.29, 0.717) is 35.1 Å². The maximum atomic E-state index is 13.0. The van der Waals surface area contributed by atoms with Gasteiger partial charge in [0.15, 0.2) is 16.3 Å². The van der Waals surface area contributed by atoms with Crippen molar-refractivity contribution in [2.45, 2.75) is 34.2 Å². The predicted octanol–water partition coefficient (Wildman–Crippen LogP) is 4.03. The van der Waals surface area contributed by atoms with Gasteiger partial charge in [0.05, 0.1) is 30.5 Å². The first-order valence-corrected chi connectivity index (χ1v) is 10.9. The van der Waals surface area contributed by atoms with Crippen molar-refractivity contribution >= 4 is 33.4 Å². The number of thiazole rings is 1. The summed E-state index contributed by atoms with van der Waals surface area (Å²) in [6.45, 7) is 8.65. The molecule has 7 nitrogen and oxygen atoms in total. The van der Waals surface area contributed by atoms with E-state index in [2.05, 4.69) is 11.1 Å². The maximum absolute atomic E-state index is 13.0. The highest BCUT2D eigenvalue weighted by molar-refractivity contribution is 7.16. The SMILES string of the molecule is CCOc1ccc(C(=O)N=c2sc3c(C)cc(C)cc3n2CC(=O)OC)cc1OCC. The van der Waals surface area contributed by atoms with Gasteiger partial charge in [0.1, 0.15) is 6.54 Å². The molecule has 1 aromatic heterocycles. The summed E-state index contributed by atoms with van der Waals surface area (Å²) in [5, 5.41) is 0. The smallest absolute Gasteiger partial charge is 0.325 e. The van der Waals surface area contributed by atoms with Crippen molar-refractivity contribution in [3.8, 4) is 11.5 Å². The van der Waals surface area contributed by atoms with Crippen LogP contribution in [0.25, 0.3) is 10.2 Å². The maximum Gasteiger partial charge on any atom is 0.325 e. The van der Waals surface area contributed by atoms with Crippen LogP contribution in [0, 0.1) is 13.8 Å². The largest absolute Gasteiger partial charge is 0.490 e. The molecule has 2 aromatic carbocycles. The van der Waals surface area contributed by atoms with Gasteiger partial charge in [0.25, 0.3) is 5.91 Å². The molecule has 0 spiro atoms. The summed E-state index contributed by atoms with van der Waals surface area (Å²) < 4.78 is 18.7. The van der Waals surface area contributed by atoms with Crippen LogP contribution in [0.1, 0.15) is 35.3 Å². The fourth-order valence-corrected chi connectivity index (χ4v) is 4.36. The molecule has 0 aliphatic heterocycles. The quantitative estimate of drug-likeness (QED) is 0.516. The highest BCUT2D eigenvalue weighted by Crippen LogP contribution is 2.29. The molecule has 0 radical (unpaired) electrons. The minimum atomic E-state index is -0.427. The van der Waals surface area contributed by atoms with Crippen molar-refractivity contribution in [2.24, 2.45) is 4.99 Å². The molecule has 0 N–H and O–H groups in total. The number of amides is 1. The second-order valence-electron chi connectivity index (χ2n) is 6.92. The molecular formula is C23H26N2O5S. The fourth-order valence-electron chi connectivity index (χ4n) is 3.28. The number of hydrogen-bond donors (Lipinski definition) is 0. The Morgan fingerprint density at radius 1 is 1.03 bits per heavy atom. The first kappa shape index (κ1) is 22.6. The van der Waals surface area contributed by atoms with Crippen molar-refractivity contribution in [1.82, 2.24) is 4.57 Å². The lowest BCUT2D eigenvalue weighted by molar-refractivity contribution is -0.141. The van der Waals surface area contributed by atoms with Crippen LogP contribution >= 0.6 is 11.3 Å². The van der Waals surface area contributed by atoms with Crippen molar-refractivity contribution < 1.29 is 23.8 Å². The summed E-state index contributed by atoms with van der Waals surface area (Å²) in [6.07, 6.45) is 0. The predicted molar refractivity (Wildman–Crippen MR) is 120 cm³/mol. The van der Waals surface area contributed by atoms with Crippen molar-refractivity contribution in [3.63, 3.8) is 0 Å². The number of carbonyl (C=O) groups excluding carboxylic acids is 2. The van der Waals surface area contributed by atoms with Gasteiger partial charge in [-0.25, -0.2) is 0 Å². The number of nitrogens with zero attached hydrogens (tertiary/aromatic N) is 2. The van der Waals surface area contributed by atoms with Gasteiger partial charge in [-0.1, -0.05) is 17.4 Å². The Hall–Kier alpha value is -3.13. The van der Waals surface area contributed by atoms with Crippen LogP contribution in [0.5, 0.6) is 11.5 Å². The van der Waals surface area contributed by atoms with E-state index in [9.17, 15) is 9.59 Å². The number of benzene rings is 2. The Balaban J connectivity index is 2.12. The third-order valence-corrected chi connectivity index (χ3v) is 5.85. The van der Waals surface area contributed by atoms with Crippen molar-refractivity contribution in [3.05, 3.63) is 51.8 Å². The molecular weight excluding hydrogens is 416 g/mol. The minimum absolute atomic E-state index is 0.0288. The zero-order valence-corrected chi connectivity index (χ0v) is 19.2. The number of hydrogen-bond acceptors (Lipinski definition) is 6. The summed E-state index contributed by atoms with van der Waals surface area (Å²) in [6, 6.07) is 9.04. The molecule has 1 amide bonds. The monoisotopic (exact) mass is 442 g/mol. The first-order chi connectivity index (χ1) is 14.9. The number of aromatic nitrogens is 1. The van der Waals surface area contributed by atoms with Gasteiger partial charge in [-0.2, -0.15) is 4.99 Å². The number of ether oxygens (including phenoxy) is 3. The van der Waals surface area contributed by atoms with Crippen LogP contribution in [-0.2, 0) is 16.1 Å². The normalized spacial score (nSPS) is 11.6. The number of methoxy groups -OCH3 is 1. The van der Waals surface area contributed by atoms with Gasteiger partial charge in [0, 0.05) is 5.56 Å². The second-order valence-corrected chi connectivity index (χ2v) is 7.90. The fraction of sp³-hybridized carbons (Fsp3) is 0.348. The standard InChI is InChI=1S/C23H26N2O5S/c1-6-29-18-9-8-16(12-19(18)30-7-2)22(27)24-23-25(13-20(26)28-5)17-11-14(3)10-15(4)21(17)31-23/h8-12H,6-7,13H2,1-5H3. The van der Waals surface area contributed by atoms with Gasteiger partial charge < -0.3 is 18.8 Å². The van der Waals surface area contributed by atoms with E-state index in [1.54, 1.807) is 22.8 Å². The average Bonchev–Trinajstić information content (AvgIpc) is 3.06. The highest BCUT2D eigenvalue weighted by Gasteiger charge is 2.15. The molecule has 0 unspecified atom stereocenters. The number of fused-ring (bicyclic) bond motifs is 1. The van der Waals surface area contributed by atoms with Crippen LogP contribution in [0.15, 0.2) is 35.3 Å². The van der Waals surface area contributed by atoms with E-state index >= 15 is 0 Å². The van der Waals surface area contributed by atoms with Crippen LogP contribution < -0.4 is 14.3 Å². The zero-order valence-electron chi connectivity index (χ0n) is 18.4. The third-order valence-electron chi connectivity index (χ3n) is 4.62. The van der Waals surface area contributed by atoms with Gasteiger partial charge in [-0.05, 0) is 63.1 Å². The van der Waals surface area contributed by atoms with E-state index in [1.165, 1.54) is 18.4 Å². The number of esters is 1. The van der Waals surface area contributed by atoms with Gasteiger partial charge in [-0.15, -0.1) is 0 Å². The molecule has 3 rings (SSSR count). The minimum Gasteiger partial charge on any atom is -0.490 e. The molecule has 31 heavy (non-hydrogen) atoms. The molecule has 1 heterocycles. The summed E-state index contributed by atoms with van der Waals surface area (Å²) in [5.41, 5.74) is 3.35. The molecule has 3 aromatic rings. The Morgan fingerprint density at radius 2 is 1.74 bits per heavy atom. The van der Waals surface area contributed by atoms with E-state index in [4.69, 9.17) is 14.2 Å². The van der Waals surface area contributed by atoms with Crippen LogP contribution in [0.2, 0.25) is 0 Å². The lowest BCUT2D eigenvalue weighted by Gasteiger charge is -2.11. The summed E-state index contributed by atoms with van der Waals surface area (Å²) in [7, 11) is 1.34. The first-order valence-electron chi connectivity index (χ1n) is 10.0. The van der Waals surface area contributed by atoms with Gasteiger partial charge >= 0.3 is 5.97 Å². The molecule has 0 fully saturated rings. The Bertz CT molecular complexity index is 1190. The average molecular weight is 443 g/mol. The molecule has 0 saturated heterocycles. The topological polar surface area (TPSA) is 79.1 Å². The molecule has 164 valence electrons. The summed E-state index contributed by atoms with van der Waals surface area (Å²) in [5.74, 6) is 0.237. The highest BCUT2D eigenvalue weighted by atomic mass is 32.1. The molecule has 0 saturated carbocycles. The second kappa shape index (κ2) is 9.78. The molecule has 0 bridgehead atoms. The Labute approximate surface area is 184 Å². The van der Waals surface area contributed by atoms with E-state index in [-0.39, 0.29) is 6.54 Å². The van der Waals surface area contributed by atoms with Crippen LogP contribution in [0.4, 0.5) is 0 Å². The number of aryl methyl sites for hydroxylation is 2. The molecule has 8 heteroatoms. The van der Waals surface area contributed by atoms with Gasteiger partial charge in [0.2, 0.25) is 0 Å². The lowest BCUT2D eigenvalue weighted by Crippen LogP contribution is -2.22. The van der Waals surface area contributed by atoms with Gasteiger partial charge in [-0.3, -0.25) is 9.59 Å². The Morgan fingerprint density at radius 3 is 2.42 bits per heavy atom. The van der Waals surface area contributed by atoms with Crippen molar-refractivity contribution in [1.29, 1.82) is 0 Å². The number of carbonyl (C=O) groups is 2. The van der Waals surface area contributed by atoms with E-state index < -0.39 is 11.9 Å². The van der Waals surface area contributed by atoms with Crippen molar-refractivity contribution in [2.75, 3.05) is 20.3 Å². The van der Waals surface area contributed by atoms with Crippen LogP contribution in [0.3, 0.4) is 0 Å². The molecule has 0 atom stereocenters. The Kier molecular flexibility index (Phi) is 7.12. The summed E-state index contributed by atoms with van der Waals surface area (Å²) in [4.78, 5) is 29.8. The number of rotatable bonds is 7. The van der Waals surface area contributed by atoms with E-state index in [1.807, 2.05) is 33.8 Å². The van der Waals surface area contributed by atoms with E-state index in [0.717, 1.165) is 21.3 Å². The molecule has 0 aliphatic rings. The summed E-state index contributed by atoms with van der Waals surface area (Å²) >= 11 is 1.37. The lowest BCUT2D eigenvalue weighted by atomic mass is 10.1. The molecule has 0 aliphatic carbocycles. The third kappa shape index (κ3) is 4.96. The zero-order chi connectivity index (χ0) is 22.5. The van der Waals surface area contributed by atoms with Crippen LogP contribution in [-0.4, -0.2) is 36.8 Å².